The number of nitrogens with zero attached hydrogens (tertiary/aromatic N) is 1. The summed E-state index contributed by atoms with van der Waals surface area (Å²) in [6.45, 7) is 1.52. The number of carbonyl (C=O) groups is 1. The summed E-state index contributed by atoms with van der Waals surface area (Å²) in [5, 5.41) is 5.73. The van der Waals surface area contributed by atoms with Gasteiger partial charge in [-0.25, -0.2) is 0 Å². The van der Waals surface area contributed by atoms with Gasteiger partial charge in [-0.2, -0.15) is 4.98 Å². The molecule has 19 heavy (non-hydrogen) atoms. The molecule has 0 spiro atoms. The summed E-state index contributed by atoms with van der Waals surface area (Å²) in [4.78, 5) is 15.7. The Hall–Kier alpha value is -2.08. The summed E-state index contributed by atoms with van der Waals surface area (Å²) in [5.41, 5.74) is 1.53. The molecular formula is C13H17N3O3. The van der Waals surface area contributed by atoms with Crippen LogP contribution in [-0.2, 0) is 9.53 Å². The van der Waals surface area contributed by atoms with E-state index in [1.54, 1.807) is 7.11 Å². The van der Waals surface area contributed by atoms with Crippen molar-refractivity contribution in [1.82, 2.24) is 10.3 Å². The minimum absolute atomic E-state index is 0.0272. The van der Waals surface area contributed by atoms with E-state index in [0.717, 1.165) is 11.1 Å². The summed E-state index contributed by atoms with van der Waals surface area (Å²) in [6, 6.07) is 7.95. The van der Waals surface area contributed by atoms with E-state index in [0.29, 0.717) is 32.1 Å². The Morgan fingerprint density at radius 3 is 3.00 bits per heavy atom. The summed E-state index contributed by atoms with van der Waals surface area (Å²) in [5.74, 6) is -0.0272. The normalized spacial score (nSPS) is 10.6. The van der Waals surface area contributed by atoms with E-state index in [9.17, 15) is 4.79 Å². The highest BCUT2D eigenvalue weighted by Crippen LogP contribution is 2.17. The first-order valence-electron chi connectivity index (χ1n) is 6.14. The van der Waals surface area contributed by atoms with Gasteiger partial charge in [0.1, 0.15) is 5.52 Å². The molecule has 1 aromatic carbocycles. The molecule has 1 amide bonds. The third kappa shape index (κ3) is 3.96. The van der Waals surface area contributed by atoms with Crippen molar-refractivity contribution in [2.75, 3.05) is 32.1 Å². The molecule has 0 fully saturated rings. The molecule has 0 aliphatic rings. The Balaban J connectivity index is 1.74. The van der Waals surface area contributed by atoms with Gasteiger partial charge in [-0.05, 0) is 12.1 Å². The quantitative estimate of drug-likeness (QED) is 0.738. The van der Waals surface area contributed by atoms with Crippen molar-refractivity contribution < 1.29 is 13.9 Å². The monoisotopic (exact) mass is 263 g/mol. The third-order valence-corrected chi connectivity index (χ3v) is 2.55. The van der Waals surface area contributed by atoms with Crippen LogP contribution in [-0.4, -0.2) is 37.7 Å². The number of hydrogen-bond donors (Lipinski definition) is 2. The first-order chi connectivity index (χ1) is 9.29. The maximum Gasteiger partial charge on any atom is 0.295 e. The molecule has 2 aromatic rings. The van der Waals surface area contributed by atoms with E-state index < -0.39 is 0 Å². The lowest BCUT2D eigenvalue weighted by molar-refractivity contribution is -0.121. The number of oxazole rings is 1. The Morgan fingerprint density at radius 2 is 2.21 bits per heavy atom. The van der Waals surface area contributed by atoms with Crippen LogP contribution in [0.2, 0.25) is 0 Å². The fraction of sp³-hybridized carbons (Fsp3) is 0.385. The Morgan fingerprint density at radius 1 is 1.37 bits per heavy atom. The summed E-state index contributed by atoms with van der Waals surface area (Å²) < 4.78 is 10.3. The molecule has 0 bridgehead atoms. The van der Waals surface area contributed by atoms with Gasteiger partial charge in [-0.3, -0.25) is 4.79 Å². The molecule has 6 nitrogen and oxygen atoms in total. The van der Waals surface area contributed by atoms with Gasteiger partial charge in [0.15, 0.2) is 5.58 Å². The van der Waals surface area contributed by atoms with E-state index in [2.05, 4.69) is 15.6 Å². The highest BCUT2D eigenvalue weighted by Gasteiger charge is 2.05. The number of aromatic nitrogens is 1. The molecular weight excluding hydrogens is 246 g/mol. The minimum atomic E-state index is -0.0272. The smallest absolute Gasteiger partial charge is 0.295 e. The van der Waals surface area contributed by atoms with Crippen LogP contribution in [0.1, 0.15) is 6.42 Å². The van der Waals surface area contributed by atoms with Gasteiger partial charge in [0, 0.05) is 26.6 Å². The number of nitrogens with one attached hydrogen (secondary N) is 2. The standard InChI is InChI=1S/C13H17N3O3/c1-18-9-8-14-12(17)6-7-15-13-16-10-4-2-3-5-11(10)19-13/h2-5H,6-9H2,1H3,(H,14,17)(H,15,16). The number of fused-ring (bicyclic) bond motifs is 1. The second-order valence-corrected chi connectivity index (χ2v) is 4.01. The molecule has 0 radical (unpaired) electrons. The van der Waals surface area contributed by atoms with Crippen molar-refractivity contribution in [3.05, 3.63) is 24.3 Å². The van der Waals surface area contributed by atoms with Crippen molar-refractivity contribution >= 4 is 23.0 Å². The van der Waals surface area contributed by atoms with Crippen LogP contribution in [0, 0.1) is 0 Å². The van der Waals surface area contributed by atoms with Gasteiger partial charge in [0.2, 0.25) is 5.91 Å². The number of hydrogen-bond acceptors (Lipinski definition) is 5. The second kappa shape index (κ2) is 6.75. The second-order valence-electron chi connectivity index (χ2n) is 4.01. The van der Waals surface area contributed by atoms with Crippen LogP contribution in [0.25, 0.3) is 11.1 Å². The van der Waals surface area contributed by atoms with Gasteiger partial charge >= 0.3 is 0 Å². The van der Waals surface area contributed by atoms with Crippen LogP contribution in [0.4, 0.5) is 6.01 Å². The molecule has 1 heterocycles. The molecule has 0 saturated carbocycles. The lowest BCUT2D eigenvalue weighted by Crippen LogP contribution is -2.28. The zero-order valence-electron chi connectivity index (χ0n) is 10.8. The van der Waals surface area contributed by atoms with E-state index >= 15 is 0 Å². The first kappa shape index (κ1) is 13.4. The van der Waals surface area contributed by atoms with E-state index in [1.807, 2.05) is 24.3 Å². The SMILES string of the molecule is COCCNC(=O)CCNc1nc2ccccc2o1. The largest absolute Gasteiger partial charge is 0.424 e. The molecule has 0 aliphatic heterocycles. The average molecular weight is 263 g/mol. The van der Waals surface area contributed by atoms with Crippen LogP contribution in [0.15, 0.2) is 28.7 Å². The third-order valence-electron chi connectivity index (χ3n) is 2.55. The number of rotatable bonds is 7. The Bertz CT molecular complexity index is 506. The predicted molar refractivity (Wildman–Crippen MR) is 72.0 cm³/mol. The number of anilines is 1. The minimum Gasteiger partial charge on any atom is -0.424 e. The molecule has 1 aromatic heterocycles. The zero-order valence-corrected chi connectivity index (χ0v) is 10.8. The first-order valence-corrected chi connectivity index (χ1v) is 6.14. The Kier molecular flexibility index (Phi) is 4.74. The van der Waals surface area contributed by atoms with Gasteiger partial charge in [0.05, 0.1) is 6.61 Å². The number of carbonyl (C=O) groups excluding carboxylic acids is 1. The fourth-order valence-corrected chi connectivity index (χ4v) is 1.61. The Labute approximate surface area is 111 Å². The molecule has 0 unspecified atom stereocenters. The maximum atomic E-state index is 11.4. The van der Waals surface area contributed by atoms with Crippen molar-refractivity contribution in [2.24, 2.45) is 0 Å². The number of ether oxygens (including phenoxy) is 1. The van der Waals surface area contributed by atoms with Gasteiger partial charge in [0.25, 0.3) is 6.01 Å². The van der Waals surface area contributed by atoms with Crippen LogP contribution < -0.4 is 10.6 Å². The summed E-state index contributed by atoms with van der Waals surface area (Å²) in [6.07, 6.45) is 0.364. The van der Waals surface area contributed by atoms with E-state index in [4.69, 9.17) is 9.15 Å². The van der Waals surface area contributed by atoms with Gasteiger partial charge < -0.3 is 19.8 Å². The number of methoxy groups -OCH3 is 1. The number of amides is 1. The molecule has 0 atom stereocenters. The van der Waals surface area contributed by atoms with Crippen molar-refractivity contribution in [1.29, 1.82) is 0 Å². The average Bonchev–Trinajstić information content (AvgIpc) is 2.81. The van der Waals surface area contributed by atoms with E-state index in [-0.39, 0.29) is 5.91 Å². The highest BCUT2D eigenvalue weighted by molar-refractivity contribution is 5.76. The summed E-state index contributed by atoms with van der Waals surface area (Å²) >= 11 is 0. The molecule has 2 rings (SSSR count). The van der Waals surface area contributed by atoms with E-state index in [1.165, 1.54) is 0 Å². The molecule has 0 saturated heterocycles. The number of benzene rings is 1. The van der Waals surface area contributed by atoms with Crippen LogP contribution in [0.3, 0.4) is 0 Å². The highest BCUT2D eigenvalue weighted by atomic mass is 16.5. The molecule has 0 aliphatic carbocycles. The molecule has 6 heteroatoms. The summed E-state index contributed by atoms with van der Waals surface area (Å²) in [7, 11) is 1.60. The fourth-order valence-electron chi connectivity index (χ4n) is 1.61. The molecule has 2 N–H and O–H groups in total. The van der Waals surface area contributed by atoms with Crippen molar-refractivity contribution in [3.8, 4) is 0 Å². The van der Waals surface area contributed by atoms with Crippen molar-refractivity contribution in [3.63, 3.8) is 0 Å². The van der Waals surface area contributed by atoms with Crippen LogP contribution >= 0.6 is 0 Å². The lowest BCUT2D eigenvalue weighted by Gasteiger charge is -2.04. The zero-order chi connectivity index (χ0) is 13.5. The lowest BCUT2D eigenvalue weighted by atomic mass is 10.3. The van der Waals surface area contributed by atoms with Gasteiger partial charge in [-0.1, -0.05) is 12.1 Å². The maximum absolute atomic E-state index is 11.4. The number of para-hydroxylation sites is 2. The van der Waals surface area contributed by atoms with Gasteiger partial charge in [-0.15, -0.1) is 0 Å². The topological polar surface area (TPSA) is 76.4 Å². The predicted octanol–water partition coefficient (Wildman–Crippen LogP) is 1.39. The van der Waals surface area contributed by atoms with Crippen LogP contribution in [0.5, 0.6) is 0 Å². The molecule has 102 valence electrons. The van der Waals surface area contributed by atoms with Crippen molar-refractivity contribution in [2.45, 2.75) is 6.42 Å².